The van der Waals surface area contributed by atoms with Gasteiger partial charge in [0, 0.05) is 18.8 Å². The van der Waals surface area contributed by atoms with E-state index >= 15 is 0 Å². The molecule has 17 heavy (non-hydrogen) atoms. The van der Waals surface area contributed by atoms with Gasteiger partial charge in [-0.05, 0) is 37.7 Å². The molecule has 96 valence electrons. The quantitative estimate of drug-likeness (QED) is 0.876. The van der Waals surface area contributed by atoms with Gasteiger partial charge in [0.05, 0.1) is 12.5 Å². The van der Waals surface area contributed by atoms with E-state index in [4.69, 9.17) is 0 Å². The fraction of sp³-hybridized carbons (Fsp3) is 0.727. The third-order valence-corrected chi connectivity index (χ3v) is 4.65. The van der Waals surface area contributed by atoms with Gasteiger partial charge in [-0.1, -0.05) is 0 Å². The molecule has 0 saturated carbocycles. The zero-order chi connectivity index (χ0) is 12.5. The number of hydrogen-bond donors (Lipinski definition) is 1. The molecule has 2 heterocycles. The first-order chi connectivity index (χ1) is 7.97. The molecule has 1 fully saturated rings. The number of aromatic nitrogens is 2. The standard InChI is InChI=1S/C11H19N3O2S/c1-9-7-12-13-11(9)6-10-4-3-5-14(8-10)17(2,15)16/h7,10H,3-6,8H2,1-2H3,(H,12,13)/t10-/m0/s1. The Morgan fingerprint density at radius 1 is 1.59 bits per heavy atom. The van der Waals surface area contributed by atoms with E-state index in [1.54, 1.807) is 4.31 Å². The molecule has 0 bridgehead atoms. The van der Waals surface area contributed by atoms with Gasteiger partial charge in [-0.2, -0.15) is 5.10 Å². The van der Waals surface area contributed by atoms with Gasteiger partial charge in [0.25, 0.3) is 0 Å². The van der Waals surface area contributed by atoms with E-state index in [-0.39, 0.29) is 0 Å². The van der Waals surface area contributed by atoms with Crippen molar-refractivity contribution in [1.29, 1.82) is 0 Å². The van der Waals surface area contributed by atoms with Crippen LogP contribution in [0.15, 0.2) is 6.20 Å². The van der Waals surface area contributed by atoms with Gasteiger partial charge in [0.15, 0.2) is 0 Å². The molecule has 1 aliphatic rings. The maximum absolute atomic E-state index is 11.5. The second-order valence-electron chi connectivity index (χ2n) is 4.86. The molecule has 1 aromatic heterocycles. The number of rotatable bonds is 3. The normalized spacial score (nSPS) is 22.8. The molecular formula is C11H19N3O2S. The van der Waals surface area contributed by atoms with E-state index in [1.165, 1.54) is 6.26 Å². The third-order valence-electron chi connectivity index (χ3n) is 3.38. The monoisotopic (exact) mass is 257 g/mol. The third kappa shape index (κ3) is 3.07. The second kappa shape index (κ2) is 4.78. The van der Waals surface area contributed by atoms with Crippen LogP contribution in [0.1, 0.15) is 24.1 Å². The number of piperidine rings is 1. The van der Waals surface area contributed by atoms with Gasteiger partial charge < -0.3 is 0 Å². The summed E-state index contributed by atoms with van der Waals surface area (Å²) in [6, 6.07) is 0. The zero-order valence-corrected chi connectivity index (χ0v) is 11.1. The minimum absolute atomic E-state index is 0.401. The molecule has 2 rings (SSSR count). The molecule has 5 nitrogen and oxygen atoms in total. The average Bonchev–Trinajstić information content (AvgIpc) is 2.64. The molecule has 1 aromatic rings. The number of hydrogen-bond acceptors (Lipinski definition) is 3. The first-order valence-corrected chi connectivity index (χ1v) is 7.75. The smallest absolute Gasteiger partial charge is 0.211 e. The van der Waals surface area contributed by atoms with Crippen molar-refractivity contribution < 1.29 is 8.42 Å². The van der Waals surface area contributed by atoms with E-state index in [0.29, 0.717) is 19.0 Å². The molecule has 6 heteroatoms. The Morgan fingerprint density at radius 2 is 2.35 bits per heavy atom. The second-order valence-corrected chi connectivity index (χ2v) is 6.85. The van der Waals surface area contributed by atoms with Crippen molar-refractivity contribution in [3.63, 3.8) is 0 Å². The zero-order valence-electron chi connectivity index (χ0n) is 10.3. The Balaban J connectivity index is 2.01. The van der Waals surface area contributed by atoms with Crippen molar-refractivity contribution in [2.75, 3.05) is 19.3 Å². The van der Waals surface area contributed by atoms with E-state index in [0.717, 1.165) is 30.5 Å². The Kier molecular flexibility index (Phi) is 3.53. The maximum Gasteiger partial charge on any atom is 0.211 e. The Hall–Kier alpha value is -0.880. The summed E-state index contributed by atoms with van der Waals surface area (Å²) < 4.78 is 24.6. The summed E-state index contributed by atoms with van der Waals surface area (Å²) in [6.07, 6.45) is 6.02. The van der Waals surface area contributed by atoms with Gasteiger partial charge in [-0.3, -0.25) is 5.10 Å². The summed E-state index contributed by atoms with van der Waals surface area (Å²) >= 11 is 0. The van der Waals surface area contributed by atoms with Crippen LogP contribution in [0.4, 0.5) is 0 Å². The van der Waals surface area contributed by atoms with Crippen molar-refractivity contribution in [3.05, 3.63) is 17.5 Å². The van der Waals surface area contributed by atoms with Gasteiger partial charge in [-0.15, -0.1) is 0 Å². The summed E-state index contributed by atoms with van der Waals surface area (Å²) in [5.74, 6) is 0.401. The highest BCUT2D eigenvalue weighted by atomic mass is 32.2. The van der Waals surface area contributed by atoms with Crippen LogP contribution in [-0.2, 0) is 16.4 Å². The first kappa shape index (κ1) is 12.6. The number of aryl methyl sites for hydroxylation is 1. The van der Waals surface area contributed by atoms with Crippen LogP contribution < -0.4 is 0 Å². The maximum atomic E-state index is 11.5. The van der Waals surface area contributed by atoms with Gasteiger partial charge in [0.2, 0.25) is 10.0 Å². The van der Waals surface area contributed by atoms with E-state index in [1.807, 2.05) is 13.1 Å². The topological polar surface area (TPSA) is 66.1 Å². The summed E-state index contributed by atoms with van der Waals surface area (Å²) in [7, 11) is -3.04. The lowest BCUT2D eigenvalue weighted by atomic mass is 9.94. The molecule has 1 N–H and O–H groups in total. The molecule has 0 amide bonds. The Morgan fingerprint density at radius 3 is 2.94 bits per heavy atom. The van der Waals surface area contributed by atoms with Crippen LogP contribution in [0.2, 0.25) is 0 Å². The molecular weight excluding hydrogens is 238 g/mol. The Bertz CT molecular complexity index is 481. The van der Waals surface area contributed by atoms with Crippen LogP contribution in [0, 0.1) is 12.8 Å². The number of H-pyrrole nitrogens is 1. The molecule has 0 spiro atoms. The van der Waals surface area contributed by atoms with Crippen molar-refractivity contribution in [3.8, 4) is 0 Å². The highest BCUT2D eigenvalue weighted by molar-refractivity contribution is 7.88. The number of aromatic amines is 1. The van der Waals surface area contributed by atoms with Crippen LogP contribution in [0.25, 0.3) is 0 Å². The van der Waals surface area contributed by atoms with Gasteiger partial charge in [-0.25, -0.2) is 12.7 Å². The van der Waals surface area contributed by atoms with Crippen molar-refractivity contribution >= 4 is 10.0 Å². The minimum Gasteiger partial charge on any atom is -0.282 e. The predicted molar refractivity (Wildman–Crippen MR) is 66.2 cm³/mol. The predicted octanol–water partition coefficient (Wildman–Crippen LogP) is 0.932. The lowest BCUT2D eigenvalue weighted by Crippen LogP contribution is -2.39. The number of sulfonamides is 1. The molecule has 0 unspecified atom stereocenters. The van der Waals surface area contributed by atoms with Crippen molar-refractivity contribution in [2.24, 2.45) is 5.92 Å². The summed E-state index contributed by atoms with van der Waals surface area (Å²) in [6.45, 7) is 3.32. The van der Waals surface area contributed by atoms with Crippen molar-refractivity contribution in [1.82, 2.24) is 14.5 Å². The fourth-order valence-corrected chi connectivity index (χ4v) is 3.31. The minimum atomic E-state index is -3.04. The molecule has 0 aliphatic carbocycles. The van der Waals surface area contributed by atoms with E-state index in [9.17, 15) is 8.42 Å². The Labute approximate surface area is 102 Å². The molecule has 1 saturated heterocycles. The highest BCUT2D eigenvalue weighted by Crippen LogP contribution is 2.22. The number of nitrogens with one attached hydrogen (secondary N) is 1. The fourth-order valence-electron chi connectivity index (χ4n) is 2.36. The molecule has 1 atom stereocenters. The largest absolute Gasteiger partial charge is 0.282 e. The number of nitrogens with zero attached hydrogens (tertiary/aromatic N) is 2. The lowest BCUT2D eigenvalue weighted by Gasteiger charge is -2.30. The molecule has 0 radical (unpaired) electrons. The summed E-state index contributed by atoms with van der Waals surface area (Å²) in [5.41, 5.74) is 2.28. The molecule has 1 aliphatic heterocycles. The summed E-state index contributed by atoms with van der Waals surface area (Å²) in [4.78, 5) is 0. The first-order valence-electron chi connectivity index (χ1n) is 5.91. The van der Waals surface area contributed by atoms with Crippen molar-refractivity contribution in [2.45, 2.75) is 26.2 Å². The van der Waals surface area contributed by atoms with Crippen LogP contribution in [0.5, 0.6) is 0 Å². The van der Waals surface area contributed by atoms with Crippen LogP contribution in [-0.4, -0.2) is 42.3 Å². The lowest BCUT2D eigenvalue weighted by molar-refractivity contribution is 0.265. The molecule has 0 aromatic carbocycles. The van der Waals surface area contributed by atoms with Gasteiger partial charge >= 0.3 is 0 Å². The van der Waals surface area contributed by atoms with Gasteiger partial charge in [0.1, 0.15) is 0 Å². The van der Waals surface area contributed by atoms with Crippen LogP contribution >= 0.6 is 0 Å². The highest BCUT2D eigenvalue weighted by Gasteiger charge is 2.26. The van der Waals surface area contributed by atoms with E-state index in [2.05, 4.69) is 10.2 Å². The van der Waals surface area contributed by atoms with Crippen LogP contribution in [0.3, 0.4) is 0 Å². The summed E-state index contributed by atoms with van der Waals surface area (Å²) in [5, 5.41) is 6.99. The van der Waals surface area contributed by atoms with E-state index < -0.39 is 10.0 Å². The average molecular weight is 257 g/mol. The SMILES string of the molecule is Cc1cn[nH]c1C[C@@H]1CCCN(S(C)(=O)=O)C1.